The third-order valence-electron chi connectivity index (χ3n) is 5.39. The molecule has 2 N–H and O–H groups in total. The van der Waals surface area contributed by atoms with Crippen LogP contribution in [0.3, 0.4) is 0 Å². The van der Waals surface area contributed by atoms with Gasteiger partial charge in [0.15, 0.2) is 11.4 Å². The van der Waals surface area contributed by atoms with Crippen LogP contribution < -0.4 is 39.4 Å². The number of piperazine rings is 1. The Morgan fingerprint density at radius 2 is 1.57 bits per heavy atom. The second-order valence-electron chi connectivity index (χ2n) is 7.13. The van der Waals surface area contributed by atoms with E-state index in [0.717, 1.165) is 32.0 Å². The molecule has 162 valence electrons. The molecule has 0 atom stereocenters. The predicted molar refractivity (Wildman–Crippen MR) is 119 cm³/mol. The van der Waals surface area contributed by atoms with Crippen molar-refractivity contribution in [2.75, 3.05) is 39.3 Å². The average Bonchev–Trinajstić information content (AvgIpc) is 3.44. The third kappa shape index (κ3) is 6.10. The molecule has 1 fully saturated rings. The Morgan fingerprint density at radius 1 is 0.933 bits per heavy atom. The Hall–Kier alpha value is -1.34. The van der Waals surface area contributed by atoms with E-state index >= 15 is 0 Å². The molecule has 0 bridgehead atoms. The van der Waals surface area contributed by atoms with E-state index in [1.807, 2.05) is 0 Å². The Labute approximate surface area is 199 Å². The van der Waals surface area contributed by atoms with Crippen LogP contribution in [0.1, 0.15) is 18.1 Å². The monoisotopic (exact) mass is 482 g/mol. The lowest BCUT2D eigenvalue weighted by Crippen LogP contribution is -3.26. The Balaban J connectivity index is 0.00000160. The molecule has 30 heavy (non-hydrogen) atoms. The van der Waals surface area contributed by atoms with Gasteiger partial charge in [0, 0.05) is 6.07 Å². The molecule has 1 aromatic carbocycles. The van der Waals surface area contributed by atoms with Gasteiger partial charge in [0.1, 0.15) is 26.2 Å². The van der Waals surface area contributed by atoms with Crippen molar-refractivity contribution < 1.29 is 39.4 Å². The van der Waals surface area contributed by atoms with Crippen LogP contribution in [-0.2, 0) is 0 Å². The SMILES string of the molecule is CCOc1ccccc1[NH+]1CC[NH+](CC=C(c2ccsc2)c2ccsc2)CC1.[Cl-].[Cl-]. The minimum atomic E-state index is 0. The largest absolute Gasteiger partial charge is 1.00 e. The van der Waals surface area contributed by atoms with Crippen LogP contribution >= 0.6 is 22.7 Å². The number of rotatable bonds is 7. The van der Waals surface area contributed by atoms with Gasteiger partial charge in [-0.3, -0.25) is 4.90 Å². The summed E-state index contributed by atoms with van der Waals surface area (Å²) in [4.78, 5) is 3.22. The molecule has 4 rings (SSSR count). The second kappa shape index (κ2) is 12.5. The summed E-state index contributed by atoms with van der Waals surface area (Å²) in [5.41, 5.74) is 5.39. The Morgan fingerprint density at radius 3 is 2.13 bits per heavy atom. The first kappa shape index (κ1) is 24.9. The first-order valence-electron chi connectivity index (χ1n) is 10.0. The third-order valence-corrected chi connectivity index (χ3v) is 6.75. The lowest BCUT2D eigenvalue weighted by atomic mass is 10.0. The van der Waals surface area contributed by atoms with Gasteiger partial charge in [-0.25, -0.2) is 0 Å². The molecule has 2 aromatic heterocycles. The van der Waals surface area contributed by atoms with Gasteiger partial charge < -0.3 is 34.5 Å². The minimum absolute atomic E-state index is 0. The van der Waals surface area contributed by atoms with Gasteiger partial charge in [-0.15, -0.1) is 0 Å². The molecule has 1 saturated heterocycles. The standard InChI is InChI=1S/C23H26N2OS2.2ClH/c1-2-26-23-6-4-3-5-22(23)25-13-11-24(12-14-25)10-7-21(19-8-15-27-17-19)20-9-16-28-18-20;;/h3-9,15-18H,2,10-14H2,1H3;2*1H. The molecule has 0 spiro atoms. The lowest BCUT2D eigenvalue weighted by molar-refractivity contribution is -0.983. The highest BCUT2D eigenvalue weighted by Crippen LogP contribution is 2.26. The fourth-order valence-corrected chi connectivity index (χ4v) is 5.21. The summed E-state index contributed by atoms with van der Waals surface area (Å²) in [7, 11) is 0. The van der Waals surface area contributed by atoms with E-state index in [4.69, 9.17) is 4.74 Å². The van der Waals surface area contributed by atoms with Crippen LogP contribution in [0.25, 0.3) is 5.57 Å². The van der Waals surface area contributed by atoms with Crippen molar-refractivity contribution in [2.24, 2.45) is 0 Å². The van der Waals surface area contributed by atoms with Crippen molar-refractivity contribution in [3.63, 3.8) is 0 Å². The van der Waals surface area contributed by atoms with Crippen molar-refractivity contribution >= 4 is 33.9 Å². The normalized spacial score (nSPS) is 18.0. The molecular formula is C23H28Cl2N2OS2. The van der Waals surface area contributed by atoms with E-state index in [-0.39, 0.29) is 24.8 Å². The number of quaternary nitrogens is 2. The quantitative estimate of drug-likeness (QED) is 0.362. The second-order valence-corrected chi connectivity index (χ2v) is 8.69. The molecule has 7 heteroatoms. The van der Waals surface area contributed by atoms with Crippen molar-refractivity contribution in [2.45, 2.75) is 6.92 Å². The molecule has 0 amide bonds. The molecule has 0 radical (unpaired) electrons. The summed E-state index contributed by atoms with van der Waals surface area (Å²) < 4.78 is 5.84. The van der Waals surface area contributed by atoms with Crippen molar-refractivity contribution in [3.8, 4) is 5.75 Å². The predicted octanol–water partition coefficient (Wildman–Crippen LogP) is -3.24. The summed E-state index contributed by atoms with van der Waals surface area (Å²) in [6.07, 6.45) is 2.44. The highest BCUT2D eigenvalue weighted by atomic mass is 35.5. The van der Waals surface area contributed by atoms with E-state index in [1.165, 1.54) is 35.5 Å². The van der Waals surface area contributed by atoms with E-state index in [1.54, 1.807) is 32.5 Å². The smallest absolute Gasteiger partial charge is 0.179 e. The highest BCUT2D eigenvalue weighted by molar-refractivity contribution is 7.08. The first-order valence-corrected chi connectivity index (χ1v) is 11.9. The van der Waals surface area contributed by atoms with Gasteiger partial charge in [-0.2, -0.15) is 22.7 Å². The molecule has 3 nitrogen and oxygen atoms in total. The number of ether oxygens (including phenoxy) is 1. The number of nitrogens with one attached hydrogen (secondary N) is 2. The highest BCUT2D eigenvalue weighted by Gasteiger charge is 2.26. The van der Waals surface area contributed by atoms with Crippen LogP contribution in [0.4, 0.5) is 5.69 Å². The van der Waals surface area contributed by atoms with Gasteiger partial charge in [-0.1, -0.05) is 12.1 Å². The zero-order valence-electron chi connectivity index (χ0n) is 17.1. The van der Waals surface area contributed by atoms with Crippen LogP contribution in [-0.4, -0.2) is 39.3 Å². The van der Waals surface area contributed by atoms with Gasteiger partial charge in [0.2, 0.25) is 0 Å². The van der Waals surface area contributed by atoms with Gasteiger partial charge in [0.05, 0.1) is 13.2 Å². The van der Waals surface area contributed by atoms with E-state index in [2.05, 4.69) is 70.9 Å². The fraction of sp³-hybridized carbons (Fsp3) is 0.304. The Kier molecular flexibility index (Phi) is 10.4. The Bertz CT molecular complexity index is 854. The van der Waals surface area contributed by atoms with Crippen molar-refractivity contribution in [3.05, 3.63) is 75.1 Å². The molecule has 3 heterocycles. The van der Waals surface area contributed by atoms with Gasteiger partial charge in [0.25, 0.3) is 0 Å². The number of hydrogen-bond donors (Lipinski definition) is 2. The summed E-state index contributed by atoms with van der Waals surface area (Å²) in [6.45, 7) is 8.54. The zero-order valence-corrected chi connectivity index (χ0v) is 20.2. The van der Waals surface area contributed by atoms with Crippen LogP contribution in [0.2, 0.25) is 0 Å². The summed E-state index contributed by atoms with van der Waals surface area (Å²) >= 11 is 3.54. The van der Waals surface area contributed by atoms with Crippen molar-refractivity contribution in [1.29, 1.82) is 0 Å². The molecule has 1 aliphatic heterocycles. The van der Waals surface area contributed by atoms with Crippen LogP contribution in [0.5, 0.6) is 5.75 Å². The maximum Gasteiger partial charge on any atom is 0.179 e. The molecule has 0 saturated carbocycles. The maximum absolute atomic E-state index is 5.84. The minimum Gasteiger partial charge on any atom is -1.00 e. The topological polar surface area (TPSA) is 18.1 Å². The first-order chi connectivity index (χ1) is 13.8. The summed E-state index contributed by atoms with van der Waals surface area (Å²) in [5.74, 6) is 1.04. The molecule has 0 unspecified atom stereocenters. The summed E-state index contributed by atoms with van der Waals surface area (Å²) in [5, 5.41) is 8.85. The molecule has 3 aromatic rings. The fourth-order valence-electron chi connectivity index (χ4n) is 3.90. The van der Waals surface area contributed by atoms with Crippen LogP contribution in [0, 0.1) is 0 Å². The molecule has 0 aliphatic carbocycles. The summed E-state index contributed by atoms with van der Waals surface area (Å²) in [6, 6.07) is 13.0. The van der Waals surface area contributed by atoms with E-state index in [9.17, 15) is 0 Å². The number of halogens is 2. The number of benzene rings is 1. The number of para-hydroxylation sites is 2. The maximum atomic E-state index is 5.84. The van der Waals surface area contributed by atoms with Crippen LogP contribution in [0.15, 0.2) is 64.0 Å². The van der Waals surface area contributed by atoms with E-state index in [0.29, 0.717) is 0 Å². The van der Waals surface area contributed by atoms with Gasteiger partial charge in [-0.05, 0) is 69.4 Å². The van der Waals surface area contributed by atoms with Crippen molar-refractivity contribution in [1.82, 2.24) is 0 Å². The average molecular weight is 484 g/mol. The zero-order chi connectivity index (χ0) is 19.2. The van der Waals surface area contributed by atoms with Gasteiger partial charge >= 0.3 is 0 Å². The lowest BCUT2D eigenvalue weighted by Gasteiger charge is -2.29. The van der Waals surface area contributed by atoms with E-state index < -0.39 is 0 Å². The number of hydrogen-bond acceptors (Lipinski definition) is 3. The molecular weight excluding hydrogens is 455 g/mol. The molecule has 1 aliphatic rings. The number of thiophene rings is 2.